The van der Waals surface area contributed by atoms with Crippen LogP contribution in [0.4, 0.5) is 0 Å². The number of hydrogen-bond donors (Lipinski definition) is 2. The number of rotatable bonds is 4. The standard InChI is InChI=1S/C15H21N3O2/c16-9-11-3-5-13(6-4-11)15(20)18-7-1-2-12(10-18)8-14(17)19/h3-6,12H,1-2,7-10,16H2,(H2,17,19)/t12-/m1/s1. The fraction of sp³-hybridized carbons (Fsp3) is 0.467. The van der Waals surface area contributed by atoms with Crippen LogP contribution in [0.5, 0.6) is 0 Å². The van der Waals surface area contributed by atoms with E-state index < -0.39 is 0 Å². The zero-order chi connectivity index (χ0) is 14.5. The SMILES string of the molecule is NCc1ccc(C(=O)N2CCC[C@H](CC(N)=O)C2)cc1. The number of likely N-dealkylation sites (tertiary alicyclic amines) is 1. The second-order valence-corrected chi connectivity index (χ2v) is 5.33. The molecule has 5 nitrogen and oxygen atoms in total. The maximum Gasteiger partial charge on any atom is 0.253 e. The largest absolute Gasteiger partial charge is 0.370 e. The van der Waals surface area contributed by atoms with Crippen molar-refractivity contribution in [3.8, 4) is 0 Å². The molecule has 0 unspecified atom stereocenters. The van der Waals surface area contributed by atoms with Gasteiger partial charge in [-0.15, -0.1) is 0 Å². The minimum absolute atomic E-state index is 0.0164. The summed E-state index contributed by atoms with van der Waals surface area (Å²) in [5.74, 6) is -0.0899. The highest BCUT2D eigenvalue weighted by Gasteiger charge is 2.25. The van der Waals surface area contributed by atoms with Crippen LogP contribution >= 0.6 is 0 Å². The van der Waals surface area contributed by atoms with Gasteiger partial charge in [-0.2, -0.15) is 0 Å². The number of hydrogen-bond acceptors (Lipinski definition) is 3. The third-order valence-corrected chi connectivity index (χ3v) is 3.73. The van der Waals surface area contributed by atoms with Crippen LogP contribution in [0.2, 0.25) is 0 Å². The monoisotopic (exact) mass is 275 g/mol. The number of benzene rings is 1. The van der Waals surface area contributed by atoms with Gasteiger partial charge in [-0.1, -0.05) is 12.1 Å². The number of nitrogens with two attached hydrogens (primary N) is 2. The van der Waals surface area contributed by atoms with E-state index >= 15 is 0 Å². The number of primary amides is 1. The topological polar surface area (TPSA) is 89.4 Å². The third kappa shape index (κ3) is 3.57. The molecule has 0 spiro atoms. The van der Waals surface area contributed by atoms with Crippen molar-refractivity contribution in [1.29, 1.82) is 0 Å². The van der Waals surface area contributed by atoms with Crippen molar-refractivity contribution in [2.75, 3.05) is 13.1 Å². The molecule has 1 fully saturated rings. The van der Waals surface area contributed by atoms with Crippen molar-refractivity contribution in [2.45, 2.75) is 25.8 Å². The molecular formula is C15H21N3O2. The average Bonchev–Trinajstić information content (AvgIpc) is 2.46. The predicted octanol–water partition coefficient (Wildman–Crippen LogP) is 0.873. The number of carbonyl (C=O) groups is 2. The summed E-state index contributed by atoms with van der Waals surface area (Å²) in [4.78, 5) is 25.2. The van der Waals surface area contributed by atoms with E-state index in [1.54, 1.807) is 0 Å². The molecule has 108 valence electrons. The van der Waals surface area contributed by atoms with Crippen LogP contribution in [0.25, 0.3) is 0 Å². The molecule has 2 rings (SSSR count). The van der Waals surface area contributed by atoms with E-state index in [1.165, 1.54) is 0 Å². The second-order valence-electron chi connectivity index (χ2n) is 5.33. The molecule has 1 aromatic carbocycles. The summed E-state index contributed by atoms with van der Waals surface area (Å²) >= 11 is 0. The van der Waals surface area contributed by atoms with Crippen LogP contribution in [0.3, 0.4) is 0 Å². The lowest BCUT2D eigenvalue weighted by atomic mass is 9.94. The molecule has 5 heteroatoms. The molecule has 1 saturated heterocycles. The Bertz CT molecular complexity index is 484. The van der Waals surface area contributed by atoms with Gasteiger partial charge >= 0.3 is 0 Å². The Balaban J connectivity index is 2.02. The first kappa shape index (κ1) is 14.5. The van der Waals surface area contributed by atoms with Crippen LogP contribution in [0, 0.1) is 5.92 Å². The first-order chi connectivity index (χ1) is 9.60. The highest BCUT2D eigenvalue weighted by molar-refractivity contribution is 5.94. The lowest BCUT2D eigenvalue weighted by molar-refractivity contribution is -0.119. The van der Waals surface area contributed by atoms with E-state index in [9.17, 15) is 9.59 Å². The van der Waals surface area contributed by atoms with Crippen LogP contribution in [0.15, 0.2) is 24.3 Å². The summed E-state index contributed by atoms with van der Waals surface area (Å²) in [6.07, 6.45) is 2.24. The Morgan fingerprint density at radius 2 is 1.95 bits per heavy atom. The van der Waals surface area contributed by atoms with Gasteiger partial charge in [-0.25, -0.2) is 0 Å². The van der Waals surface area contributed by atoms with E-state index in [1.807, 2.05) is 29.2 Å². The summed E-state index contributed by atoms with van der Waals surface area (Å²) in [5, 5.41) is 0. The van der Waals surface area contributed by atoms with Gasteiger partial charge < -0.3 is 16.4 Å². The average molecular weight is 275 g/mol. The van der Waals surface area contributed by atoms with Gasteiger partial charge in [0, 0.05) is 31.6 Å². The maximum atomic E-state index is 12.4. The second kappa shape index (κ2) is 6.52. The molecule has 20 heavy (non-hydrogen) atoms. The Labute approximate surface area is 118 Å². The Morgan fingerprint density at radius 1 is 1.25 bits per heavy atom. The first-order valence-corrected chi connectivity index (χ1v) is 6.96. The minimum atomic E-state index is -0.295. The van der Waals surface area contributed by atoms with Crippen molar-refractivity contribution in [3.05, 3.63) is 35.4 Å². The van der Waals surface area contributed by atoms with Gasteiger partial charge in [0.1, 0.15) is 0 Å². The smallest absolute Gasteiger partial charge is 0.253 e. The molecule has 1 aliphatic heterocycles. The quantitative estimate of drug-likeness (QED) is 0.854. The fourth-order valence-corrected chi connectivity index (χ4v) is 2.67. The molecule has 0 aliphatic carbocycles. The molecule has 2 amide bonds. The molecule has 0 radical (unpaired) electrons. The van der Waals surface area contributed by atoms with Gasteiger partial charge in [0.05, 0.1) is 0 Å². The van der Waals surface area contributed by atoms with Crippen molar-refractivity contribution in [3.63, 3.8) is 0 Å². The molecule has 0 saturated carbocycles. The molecule has 4 N–H and O–H groups in total. The van der Waals surface area contributed by atoms with Crippen LogP contribution in [0.1, 0.15) is 35.2 Å². The van der Waals surface area contributed by atoms with Crippen LogP contribution < -0.4 is 11.5 Å². The molecule has 1 atom stereocenters. The van der Waals surface area contributed by atoms with Crippen molar-refractivity contribution < 1.29 is 9.59 Å². The Hall–Kier alpha value is -1.88. The van der Waals surface area contributed by atoms with E-state index in [-0.39, 0.29) is 17.7 Å². The van der Waals surface area contributed by atoms with Crippen LogP contribution in [-0.2, 0) is 11.3 Å². The third-order valence-electron chi connectivity index (χ3n) is 3.73. The number of piperidine rings is 1. The zero-order valence-electron chi connectivity index (χ0n) is 11.5. The molecule has 1 aromatic rings. The van der Waals surface area contributed by atoms with Crippen molar-refractivity contribution in [2.24, 2.45) is 17.4 Å². The summed E-state index contributed by atoms with van der Waals surface area (Å²) < 4.78 is 0. The minimum Gasteiger partial charge on any atom is -0.370 e. The molecular weight excluding hydrogens is 254 g/mol. The zero-order valence-corrected chi connectivity index (χ0v) is 11.5. The normalized spacial score (nSPS) is 18.9. The lowest BCUT2D eigenvalue weighted by Gasteiger charge is -2.32. The highest BCUT2D eigenvalue weighted by Crippen LogP contribution is 2.21. The van der Waals surface area contributed by atoms with E-state index in [0.717, 1.165) is 24.9 Å². The fourth-order valence-electron chi connectivity index (χ4n) is 2.67. The van der Waals surface area contributed by atoms with Crippen molar-refractivity contribution in [1.82, 2.24) is 4.90 Å². The van der Waals surface area contributed by atoms with Gasteiger partial charge in [-0.3, -0.25) is 9.59 Å². The molecule has 1 heterocycles. The Morgan fingerprint density at radius 3 is 2.55 bits per heavy atom. The van der Waals surface area contributed by atoms with E-state index in [0.29, 0.717) is 25.1 Å². The van der Waals surface area contributed by atoms with Gasteiger partial charge in [-0.05, 0) is 36.5 Å². The van der Waals surface area contributed by atoms with Gasteiger partial charge in [0.25, 0.3) is 5.91 Å². The predicted molar refractivity (Wildman–Crippen MR) is 76.8 cm³/mol. The number of carbonyl (C=O) groups excluding carboxylic acids is 2. The summed E-state index contributed by atoms with van der Waals surface area (Å²) in [7, 11) is 0. The number of nitrogens with zero attached hydrogens (tertiary/aromatic N) is 1. The summed E-state index contributed by atoms with van der Waals surface area (Å²) in [5.41, 5.74) is 12.5. The summed E-state index contributed by atoms with van der Waals surface area (Å²) in [6.45, 7) is 1.83. The number of amides is 2. The van der Waals surface area contributed by atoms with Gasteiger partial charge in [0.2, 0.25) is 5.91 Å². The van der Waals surface area contributed by atoms with E-state index in [2.05, 4.69) is 0 Å². The highest BCUT2D eigenvalue weighted by atomic mass is 16.2. The lowest BCUT2D eigenvalue weighted by Crippen LogP contribution is -2.41. The van der Waals surface area contributed by atoms with E-state index in [4.69, 9.17) is 11.5 Å². The van der Waals surface area contributed by atoms with Crippen LogP contribution in [-0.4, -0.2) is 29.8 Å². The van der Waals surface area contributed by atoms with Gasteiger partial charge in [0.15, 0.2) is 0 Å². The first-order valence-electron chi connectivity index (χ1n) is 6.96. The molecule has 1 aliphatic rings. The van der Waals surface area contributed by atoms with Crippen molar-refractivity contribution >= 4 is 11.8 Å². The Kier molecular flexibility index (Phi) is 4.74. The summed E-state index contributed by atoms with van der Waals surface area (Å²) in [6, 6.07) is 7.36. The molecule has 0 bridgehead atoms. The molecule has 0 aromatic heterocycles. The maximum absolute atomic E-state index is 12.4.